The summed E-state index contributed by atoms with van der Waals surface area (Å²) in [5.74, 6) is -0.844. The molecule has 1 aliphatic carbocycles. The van der Waals surface area contributed by atoms with Gasteiger partial charge in [0.15, 0.2) is 0 Å². The lowest BCUT2D eigenvalue weighted by atomic mass is 10.1. The van der Waals surface area contributed by atoms with E-state index in [4.69, 9.17) is 5.11 Å². The highest BCUT2D eigenvalue weighted by atomic mass is 16.4. The van der Waals surface area contributed by atoms with Crippen LogP contribution in [0.15, 0.2) is 23.8 Å². The topological polar surface area (TPSA) is 37.3 Å². The first-order valence-electron chi connectivity index (χ1n) is 5.36. The molecule has 0 saturated carbocycles. The van der Waals surface area contributed by atoms with Gasteiger partial charge in [-0.15, -0.1) is 0 Å². The van der Waals surface area contributed by atoms with Crippen molar-refractivity contribution in [2.24, 2.45) is 0 Å². The second-order valence-electron chi connectivity index (χ2n) is 3.74. The number of unbranched alkanes of at least 4 members (excludes halogenated alkanes) is 2. The Labute approximate surface area is 85.3 Å². The highest BCUT2D eigenvalue weighted by molar-refractivity contribution is 5.79. The average Bonchev–Trinajstić information content (AvgIpc) is 2.63. The highest BCUT2D eigenvalue weighted by Crippen LogP contribution is 2.22. The summed E-state index contributed by atoms with van der Waals surface area (Å²) in [6.07, 6.45) is 13.6. The molecule has 0 aromatic heterocycles. The van der Waals surface area contributed by atoms with Crippen LogP contribution in [-0.2, 0) is 4.79 Å². The third kappa shape index (κ3) is 4.85. The quantitative estimate of drug-likeness (QED) is 0.400. The maximum absolute atomic E-state index is 10.1. The summed E-state index contributed by atoms with van der Waals surface area (Å²) < 4.78 is 0. The van der Waals surface area contributed by atoms with E-state index < -0.39 is 5.97 Å². The molecule has 1 N–H and O–H groups in total. The summed E-state index contributed by atoms with van der Waals surface area (Å²) in [5.41, 5.74) is 1.60. The molecule has 0 aromatic rings. The summed E-state index contributed by atoms with van der Waals surface area (Å²) in [5, 5.41) is 8.35. The predicted octanol–water partition coefficient (Wildman–Crippen LogP) is 3.30. The third-order valence-corrected chi connectivity index (χ3v) is 2.51. The zero-order valence-electron chi connectivity index (χ0n) is 8.54. The molecule has 0 heterocycles. The molecule has 1 aliphatic rings. The van der Waals surface area contributed by atoms with Crippen molar-refractivity contribution in [2.75, 3.05) is 0 Å². The number of hydrogen-bond donors (Lipinski definition) is 1. The molecule has 0 unspecified atom stereocenters. The molecular formula is C12H18O2. The Balaban J connectivity index is 1.96. The van der Waals surface area contributed by atoms with Gasteiger partial charge >= 0.3 is 5.97 Å². The van der Waals surface area contributed by atoms with Gasteiger partial charge in [0, 0.05) is 6.08 Å². The van der Waals surface area contributed by atoms with Gasteiger partial charge in [-0.2, -0.15) is 0 Å². The first-order valence-corrected chi connectivity index (χ1v) is 5.36. The third-order valence-electron chi connectivity index (χ3n) is 2.51. The number of carboxylic acid groups (broad SMARTS) is 1. The number of hydrogen-bond acceptors (Lipinski definition) is 1. The van der Waals surface area contributed by atoms with Crippen LogP contribution >= 0.6 is 0 Å². The standard InChI is InChI=1S/C12H18O2/c13-12(14)10-4-2-1-3-7-11-8-5-6-9-11/h4,8,10H,1-3,5-7,9H2,(H,13,14)/b10-4+. The maximum Gasteiger partial charge on any atom is 0.327 e. The van der Waals surface area contributed by atoms with Crippen LogP contribution in [-0.4, -0.2) is 11.1 Å². The second kappa shape index (κ2) is 6.41. The molecule has 0 saturated heterocycles. The van der Waals surface area contributed by atoms with Crippen molar-refractivity contribution in [1.29, 1.82) is 0 Å². The van der Waals surface area contributed by atoms with E-state index in [0.717, 1.165) is 12.8 Å². The van der Waals surface area contributed by atoms with Gasteiger partial charge < -0.3 is 5.11 Å². The number of rotatable bonds is 6. The minimum atomic E-state index is -0.844. The maximum atomic E-state index is 10.1. The number of carboxylic acids is 1. The zero-order valence-corrected chi connectivity index (χ0v) is 8.54. The van der Waals surface area contributed by atoms with Crippen LogP contribution in [0.25, 0.3) is 0 Å². The fourth-order valence-electron chi connectivity index (χ4n) is 1.76. The van der Waals surface area contributed by atoms with E-state index in [1.165, 1.54) is 38.2 Å². The van der Waals surface area contributed by atoms with E-state index in [0.29, 0.717) is 0 Å². The van der Waals surface area contributed by atoms with Crippen LogP contribution < -0.4 is 0 Å². The predicted molar refractivity (Wildman–Crippen MR) is 57.2 cm³/mol. The summed E-state index contributed by atoms with van der Waals surface area (Å²) in [6.45, 7) is 0. The first kappa shape index (κ1) is 11.0. The first-order chi connectivity index (χ1) is 6.79. The smallest absolute Gasteiger partial charge is 0.327 e. The Morgan fingerprint density at radius 1 is 1.50 bits per heavy atom. The van der Waals surface area contributed by atoms with Crippen molar-refractivity contribution in [3.63, 3.8) is 0 Å². The Morgan fingerprint density at radius 2 is 2.36 bits per heavy atom. The molecule has 2 heteroatoms. The minimum Gasteiger partial charge on any atom is -0.478 e. The number of aliphatic carboxylic acids is 1. The fraction of sp³-hybridized carbons (Fsp3) is 0.583. The SMILES string of the molecule is O=C(O)/C=C/CCCCC1=CCCC1. The Hall–Kier alpha value is -1.05. The minimum absolute atomic E-state index is 0.844. The van der Waals surface area contributed by atoms with Gasteiger partial charge in [-0.1, -0.05) is 17.7 Å². The van der Waals surface area contributed by atoms with Gasteiger partial charge in [-0.05, 0) is 44.9 Å². The summed E-state index contributed by atoms with van der Waals surface area (Å²) >= 11 is 0. The molecule has 0 aromatic carbocycles. The highest BCUT2D eigenvalue weighted by Gasteiger charge is 2.02. The molecule has 14 heavy (non-hydrogen) atoms. The molecule has 0 fully saturated rings. The van der Waals surface area contributed by atoms with Crippen molar-refractivity contribution in [3.05, 3.63) is 23.8 Å². The van der Waals surface area contributed by atoms with Gasteiger partial charge in [0.05, 0.1) is 0 Å². The Kier molecular flexibility index (Phi) is 5.05. The van der Waals surface area contributed by atoms with Crippen LogP contribution in [0.5, 0.6) is 0 Å². The van der Waals surface area contributed by atoms with Gasteiger partial charge in [-0.25, -0.2) is 4.79 Å². The van der Waals surface area contributed by atoms with Crippen LogP contribution in [0.3, 0.4) is 0 Å². The lowest BCUT2D eigenvalue weighted by Crippen LogP contribution is -1.86. The van der Waals surface area contributed by atoms with Crippen LogP contribution in [0, 0.1) is 0 Å². The molecule has 78 valence electrons. The molecular weight excluding hydrogens is 176 g/mol. The lowest BCUT2D eigenvalue weighted by Gasteiger charge is -1.99. The van der Waals surface area contributed by atoms with Crippen molar-refractivity contribution < 1.29 is 9.90 Å². The van der Waals surface area contributed by atoms with E-state index >= 15 is 0 Å². The normalized spacial score (nSPS) is 16.1. The van der Waals surface area contributed by atoms with Gasteiger partial charge in [0.1, 0.15) is 0 Å². The number of allylic oxidation sites excluding steroid dienone is 3. The summed E-state index contributed by atoms with van der Waals surface area (Å²) in [6, 6.07) is 0. The van der Waals surface area contributed by atoms with E-state index in [-0.39, 0.29) is 0 Å². The zero-order chi connectivity index (χ0) is 10.2. The van der Waals surface area contributed by atoms with Gasteiger partial charge in [0.25, 0.3) is 0 Å². The van der Waals surface area contributed by atoms with Gasteiger partial charge in [-0.3, -0.25) is 0 Å². The lowest BCUT2D eigenvalue weighted by molar-refractivity contribution is -0.131. The summed E-state index contributed by atoms with van der Waals surface area (Å²) in [4.78, 5) is 10.1. The Morgan fingerprint density at radius 3 is 3.00 bits per heavy atom. The van der Waals surface area contributed by atoms with Crippen molar-refractivity contribution in [2.45, 2.75) is 44.9 Å². The van der Waals surface area contributed by atoms with Gasteiger partial charge in [0.2, 0.25) is 0 Å². The number of carbonyl (C=O) groups is 1. The summed E-state index contributed by atoms with van der Waals surface area (Å²) in [7, 11) is 0. The molecule has 0 bridgehead atoms. The Bertz CT molecular complexity index is 239. The average molecular weight is 194 g/mol. The van der Waals surface area contributed by atoms with E-state index in [1.807, 2.05) is 0 Å². The second-order valence-corrected chi connectivity index (χ2v) is 3.74. The monoisotopic (exact) mass is 194 g/mol. The van der Waals surface area contributed by atoms with Crippen LogP contribution in [0.1, 0.15) is 44.9 Å². The van der Waals surface area contributed by atoms with E-state index in [2.05, 4.69) is 6.08 Å². The fourth-order valence-corrected chi connectivity index (χ4v) is 1.76. The molecule has 1 rings (SSSR count). The van der Waals surface area contributed by atoms with Crippen LogP contribution in [0.2, 0.25) is 0 Å². The van der Waals surface area contributed by atoms with E-state index in [1.54, 1.807) is 11.6 Å². The molecule has 2 nitrogen and oxygen atoms in total. The van der Waals surface area contributed by atoms with Crippen molar-refractivity contribution in [1.82, 2.24) is 0 Å². The molecule has 0 radical (unpaired) electrons. The largest absolute Gasteiger partial charge is 0.478 e. The van der Waals surface area contributed by atoms with E-state index in [9.17, 15) is 4.79 Å². The molecule has 0 atom stereocenters. The van der Waals surface area contributed by atoms with Crippen molar-refractivity contribution in [3.8, 4) is 0 Å². The van der Waals surface area contributed by atoms with Crippen LogP contribution in [0.4, 0.5) is 0 Å². The molecule has 0 amide bonds. The molecule has 0 spiro atoms. The molecule has 0 aliphatic heterocycles. The van der Waals surface area contributed by atoms with Crippen molar-refractivity contribution >= 4 is 5.97 Å².